The van der Waals surface area contributed by atoms with Crippen molar-refractivity contribution in [3.8, 4) is 5.75 Å². The van der Waals surface area contributed by atoms with E-state index in [9.17, 15) is 0 Å². The van der Waals surface area contributed by atoms with Crippen molar-refractivity contribution in [1.29, 1.82) is 0 Å². The Labute approximate surface area is 128 Å². The Morgan fingerprint density at radius 3 is 2.67 bits per heavy atom. The topological polar surface area (TPSA) is 24.5 Å². The summed E-state index contributed by atoms with van der Waals surface area (Å²) in [6.45, 7) is 7.41. The third-order valence-corrected chi connectivity index (χ3v) is 5.06. The summed E-state index contributed by atoms with van der Waals surface area (Å²) in [5.74, 6) is 1.06. The molecule has 1 aliphatic heterocycles. The summed E-state index contributed by atoms with van der Waals surface area (Å²) in [6, 6.07) is 10.1. The molecule has 0 radical (unpaired) electrons. The van der Waals surface area contributed by atoms with Crippen LogP contribution in [0.5, 0.6) is 5.75 Å². The van der Waals surface area contributed by atoms with Gasteiger partial charge in [0.2, 0.25) is 0 Å². The fourth-order valence-corrected chi connectivity index (χ4v) is 4.10. The first-order valence-electron chi connectivity index (χ1n) is 8.56. The number of ether oxygens (including phenoxy) is 1. The molecule has 1 aliphatic carbocycles. The van der Waals surface area contributed by atoms with Crippen LogP contribution in [0.25, 0.3) is 0 Å². The summed E-state index contributed by atoms with van der Waals surface area (Å²) in [5, 5.41) is 3.71. The van der Waals surface area contributed by atoms with Crippen molar-refractivity contribution in [2.24, 2.45) is 0 Å². The van der Waals surface area contributed by atoms with Crippen LogP contribution in [0.1, 0.15) is 51.1 Å². The van der Waals surface area contributed by atoms with Gasteiger partial charge in [-0.15, -0.1) is 0 Å². The highest BCUT2D eigenvalue weighted by Gasteiger charge is 2.37. The third kappa shape index (κ3) is 2.95. The number of hydrogen-bond acceptors (Lipinski definition) is 3. The van der Waals surface area contributed by atoms with Crippen LogP contribution < -0.4 is 10.1 Å². The van der Waals surface area contributed by atoms with Crippen molar-refractivity contribution in [1.82, 2.24) is 10.2 Å². The molecule has 1 aromatic rings. The third-order valence-electron chi connectivity index (χ3n) is 5.06. The average molecular weight is 288 g/mol. The van der Waals surface area contributed by atoms with Crippen LogP contribution in [0, 0.1) is 0 Å². The van der Waals surface area contributed by atoms with E-state index in [1.54, 1.807) is 0 Å². The van der Waals surface area contributed by atoms with Crippen LogP contribution >= 0.6 is 0 Å². The molecule has 3 nitrogen and oxygen atoms in total. The summed E-state index contributed by atoms with van der Waals surface area (Å²) in [6.07, 6.45) is 5.48. The van der Waals surface area contributed by atoms with Gasteiger partial charge in [-0.25, -0.2) is 0 Å². The van der Waals surface area contributed by atoms with Crippen molar-refractivity contribution in [3.05, 3.63) is 29.8 Å². The molecule has 2 aliphatic rings. The number of benzene rings is 1. The predicted octanol–water partition coefficient (Wildman–Crippen LogP) is 3.36. The summed E-state index contributed by atoms with van der Waals surface area (Å²) >= 11 is 0. The summed E-state index contributed by atoms with van der Waals surface area (Å²) in [7, 11) is 0. The Kier molecular flexibility index (Phi) is 4.81. The monoisotopic (exact) mass is 288 g/mol. The van der Waals surface area contributed by atoms with Crippen molar-refractivity contribution < 1.29 is 4.74 Å². The average Bonchev–Trinajstić information content (AvgIpc) is 3.04. The van der Waals surface area contributed by atoms with Crippen LogP contribution in [-0.4, -0.2) is 36.7 Å². The zero-order valence-electron chi connectivity index (χ0n) is 13.3. The number of hydrogen-bond donors (Lipinski definition) is 1. The lowest BCUT2D eigenvalue weighted by Crippen LogP contribution is -2.53. The number of nitrogens with one attached hydrogen (secondary N) is 1. The van der Waals surface area contributed by atoms with Gasteiger partial charge in [-0.2, -0.15) is 0 Å². The Hall–Kier alpha value is -1.06. The maximum atomic E-state index is 6.07. The van der Waals surface area contributed by atoms with Crippen LogP contribution in [0.4, 0.5) is 0 Å². The molecule has 3 rings (SSSR count). The molecular formula is C18H28N2O. The molecule has 0 aromatic heterocycles. The molecule has 0 amide bonds. The second-order valence-electron chi connectivity index (χ2n) is 6.22. The van der Waals surface area contributed by atoms with Crippen molar-refractivity contribution in [2.75, 3.05) is 19.7 Å². The van der Waals surface area contributed by atoms with Crippen LogP contribution in [-0.2, 0) is 0 Å². The van der Waals surface area contributed by atoms with Gasteiger partial charge in [0.25, 0.3) is 0 Å². The molecular weight excluding hydrogens is 260 g/mol. The molecule has 0 saturated heterocycles. The first kappa shape index (κ1) is 14.9. The maximum absolute atomic E-state index is 6.07. The molecule has 3 heteroatoms. The largest absolute Gasteiger partial charge is 0.492 e. The van der Waals surface area contributed by atoms with Gasteiger partial charge in [0.1, 0.15) is 12.4 Å². The van der Waals surface area contributed by atoms with E-state index in [-0.39, 0.29) is 0 Å². The van der Waals surface area contributed by atoms with Gasteiger partial charge in [0.15, 0.2) is 0 Å². The van der Waals surface area contributed by atoms with Crippen LogP contribution in [0.2, 0.25) is 0 Å². The Balaban J connectivity index is 1.86. The number of para-hydroxylation sites is 1. The van der Waals surface area contributed by atoms with Gasteiger partial charge in [-0.05, 0) is 32.0 Å². The van der Waals surface area contributed by atoms with E-state index >= 15 is 0 Å². The first-order chi connectivity index (χ1) is 10.3. The minimum absolute atomic E-state index is 0.389. The zero-order valence-corrected chi connectivity index (χ0v) is 13.3. The second-order valence-corrected chi connectivity index (χ2v) is 6.22. The van der Waals surface area contributed by atoms with Gasteiger partial charge in [-0.1, -0.05) is 44.9 Å². The number of fused-ring (bicyclic) bond motifs is 1. The molecule has 1 heterocycles. The lowest BCUT2D eigenvalue weighted by Gasteiger charge is -2.43. The maximum Gasteiger partial charge on any atom is 0.124 e. The van der Waals surface area contributed by atoms with Gasteiger partial charge < -0.3 is 10.1 Å². The fraction of sp³-hybridized carbons (Fsp3) is 0.667. The van der Waals surface area contributed by atoms with E-state index in [1.165, 1.54) is 31.2 Å². The van der Waals surface area contributed by atoms with Crippen LogP contribution in [0.15, 0.2) is 24.3 Å². The highest BCUT2D eigenvalue weighted by molar-refractivity contribution is 5.38. The number of rotatable bonds is 5. The van der Waals surface area contributed by atoms with Gasteiger partial charge in [0.05, 0.1) is 12.1 Å². The quantitative estimate of drug-likeness (QED) is 0.899. The standard InChI is InChI=1S/C18H28N2O/c1-3-19-18-15-11-7-8-12-17(15)21-13-16(18)20(4-2)14-9-5-6-10-14/h7-8,11-12,14,16,18-19H,3-6,9-10,13H2,1-2H3. The minimum atomic E-state index is 0.389. The van der Waals surface area contributed by atoms with Gasteiger partial charge >= 0.3 is 0 Å². The van der Waals surface area contributed by atoms with Crippen molar-refractivity contribution >= 4 is 0 Å². The highest BCUT2D eigenvalue weighted by Crippen LogP contribution is 2.36. The SMILES string of the molecule is CCNC1c2ccccc2OCC1N(CC)C1CCCC1. The lowest BCUT2D eigenvalue weighted by molar-refractivity contribution is 0.0580. The van der Waals surface area contributed by atoms with Crippen molar-refractivity contribution in [2.45, 2.75) is 57.7 Å². The lowest BCUT2D eigenvalue weighted by atomic mass is 9.93. The molecule has 1 saturated carbocycles. The van der Waals surface area contributed by atoms with E-state index in [2.05, 4.69) is 48.3 Å². The van der Waals surface area contributed by atoms with Crippen LogP contribution in [0.3, 0.4) is 0 Å². The zero-order chi connectivity index (χ0) is 14.7. The number of nitrogens with zero attached hydrogens (tertiary/aromatic N) is 1. The molecule has 1 fully saturated rings. The fourth-order valence-electron chi connectivity index (χ4n) is 4.10. The second kappa shape index (κ2) is 6.80. The minimum Gasteiger partial charge on any atom is -0.492 e. The van der Waals surface area contributed by atoms with Crippen molar-refractivity contribution in [3.63, 3.8) is 0 Å². The van der Waals surface area contributed by atoms with Gasteiger partial charge in [0, 0.05) is 11.6 Å². The molecule has 116 valence electrons. The molecule has 21 heavy (non-hydrogen) atoms. The van der Waals surface area contributed by atoms with Gasteiger partial charge in [-0.3, -0.25) is 4.90 Å². The Bertz CT molecular complexity index is 456. The summed E-state index contributed by atoms with van der Waals surface area (Å²) < 4.78 is 6.07. The molecule has 2 atom stereocenters. The Morgan fingerprint density at radius 1 is 1.19 bits per heavy atom. The summed E-state index contributed by atoms with van der Waals surface area (Å²) in [5.41, 5.74) is 1.33. The van der Waals surface area contributed by atoms with E-state index < -0.39 is 0 Å². The van der Waals surface area contributed by atoms with E-state index in [0.29, 0.717) is 12.1 Å². The van der Waals surface area contributed by atoms with E-state index in [0.717, 1.165) is 31.5 Å². The van der Waals surface area contributed by atoms with E-state index in [1.807, 2.05) is 0 Å². The molecule has 2 unspecified atom stereocenters. The normalized spacial score (nSPS) is 25.9. The summed E-state index contributed by atoms with van der Waals surface area (Å²) in [4.78, 5) is 2.69. The predicted molar refractivity (Wildman–Crippen MR) is 86.8 cm³/mol. The number of likely N-dealkylation sites (N-methyl/N-ethyl adjacent to an activating group) is 2. The first-order valence-corrected chi connectivity index (χ1v) is 8.56. The molecule has 0 spiro atoms. The molecule has 0 bridgehead atoms. The smallest absolute Gasteiger partial charge is 0.124 e. The van der Waals surface area contributed by atoms with E-state index in [4.69, 9.17) is 4.74 Å². The highest BCUT2D eigenvalue weighted by atomic mass is 16.5. The molecule has 1 N–H and O–H groups in total. The molecule has 1 aromatic carbocycles. The Morgan fingerprint density at radius 2 is 1.95 bits per heavy atom.